The molecule has 0 bridgehead atoms. The molecule has 1 aromatic carbocycles. The number of rotatable bonds is 6. The van der Waals surface area contributed by atoms with Crippen LogP contribution >= 0.6 is 11.6 Å². The summed E-state index contributed by atoms with van der Waals surface area (Å²) in [5, 5.41) is 19.0. The molecule has 1 rings (SSSR count). The van der Waals surface area contributed by atoms with Gasteiger partial charge in [-0.05, 0) is 18.6 Å². The maximum atomic E-state index is 11.7. The van der Waals surface area contributed by atoms with Gasteiger partial charge < -0.3 is 5.11 Å². The highest BCUT2D eigenvalue weighted by molar-refractivity contribution is 7.89. The molecule has 0 aliphatic carbocycles. The fourth-order valence-corrected chi connectivity index (χ4v) is 2.45. The molecule has 100 valence electrons. The molecule has 0 saturated carbocycles. The van der Waals surface area contributed by atoms with Gasteiger partial charge in [-0.15, -0.1) is 0 Å². The summed E-state index contributed by atoms with van der Waals surface area (Å²) in [6.45, 7) is -0.0987. The van der Waals surface area contributed by atoms with Crippen molar-refractivity contribution in [1.29, 1.82) is 0 Å². The van der Waals surface area contributed by atoms with E-state index < -0.39 is 20.6 Å². The number of halogens is 1. The van der Waals surface area contributed by atoms with E-state index in [0.29, 0.717) is 0 Å². The summed E-state index contributed by atoms with van der Waals surface area (Å²) in [4.78, 5) is 9.64. The maximum absolute atomic E-state index is 11.7. The topological polar surface area (TPSA) is 110 Å². The summed E-state index contributed by atoms with van der Waals surface area (Å²) in [7, 11) is -3.83. The number of nitrogens with one attached hydrogen (secondary N) is 1. The predicted octanol–water partition coefficient (Wildman–Crippen LogP) is 0.909. The molecule has 0 spiro atoms. The number of sulfonamides is 1. The fraction of sp³-hybridized carbons (Fsp3) is 0.333. The molecule has 9 heteroatoms. The van der Waals surface area contributed by atoms with Gasteiger partial charge in [0.25, 0.3) is 5.69 Å². The third kappa shape index (κ3) is 3.64. The van der Waals surface area contributed by atoms with Gasteiger partial charge in [-0.1, -0.05) is 11.6 Å². The van der Waals surface area contributed by atoms with E-state index in [4.69, 9.17) is 16.7 Å². The summed E-state index contributed by atoms with van der Waals surface area (Å²) in [6.07, 6.45) is 0.259. The molecule has 2 N–H and O–H groups in total. The van der Waals surface area contributed by atoms with E-state index in [1.165, 1.54) is 6.07 Å². The van der Waals surface area contributed by atoms with Crippen LogP contribution in [0.2, 0.25) is 5.02 Å². The monoisotopic (exact) mass is 294 g/mol. The Kier molecular flexibility index (Phi) is 5.03. The van der Waals surface area contributed by atoms with Crippen molar-refractivity contribution < 1.29 is 18.4 Å². The lowest BCUT2D eigenvalue weighted by molar-refractivity contribution is -0.384. The van der Waals surface area contributed by atoms with Crippen LogP contribution in [0.5, 0.6) is 0 Å². The van der Waals surface area contributed by atoms with Crippen LogP contribution < -0.4 is 4.72 Å². The van der Waals surface area contributed by atoms with Crippen molar-refractivity contribution in [3.8, 4) is 0 Å². The van der Waals surface area contributed by atoms with Crippen molar-refractivity contribution in [1.82, 2.24) is 4.72 Å². The molecule has 0 heterocycles. The Morgan fingerprint density at radius 3 is 2.67 bits per heavy atom. The largest absolute Gasteiger partial charge is 0.396 e. The van der Waals surface area contributed by atoms with Crippen molar-refractivity contribution in [2.24, 2.45) is 0 Å². The van der Waals surface area contributed by atoms with Crippen LogP contribution in [0.4, 0.5) is 5.69 Å². The normalized spacial score (nSPS) is 11.4. The molecule has 0 aromatic heterocycles. The average molecular weight is 295 g/mol. The van der Waals surface area contributed by atoms with Gasteiger partial charge >= 0.3 is 0 Å². The Balaban J connectivity index is 3.02. The van der Waals surface area contributed by atoms with Crippen LogP contribution in [0.3, 0.4) is 0 Å². The lowest BCUT2D eigenvalue weighted by Crippen LogP contribution is -2.25. The standard InChI is InChI=1S/C9H11ClN2O5S/c10-8-3-2-7(6-9(8)12(14)15)18(16,17)11-4-1-5-13/h2-3,6,11,13H,1,4-5H2. The minimum Gasteiger partial charge on any atom is -0.396 e. The molecule has 0 aliphatic rings. The van der Waals surface area contributed by atoms with Gasteiger partial charge in [0.05, 0.1) is 9.82 Å². The molecule has 0 aliphatic heterocycles. The van der Waals surface area contributed by atoms with Crippen LogP contribution in [0, 0.1) is 10.1 Å². The van der Waals surface area contributed by atoms with Gasteiger partial charge in [0, 0.05) is 19.2 Å². The predicted molar refractivity (Wildman–Crippen MR) is 65.0 cm³/mol. The minimum absolute atomic E-state index is 0.0509. The zero-order chi connectivity index (χ0) is 13.8. The lowest BCUT2D eigenvalue weighted by atomic mass is 10.3. The molecule has 1 aromatic rings. The Morgan fingerprint density at radius 1 is 1.44 bits per heavy atom. The first kappa shape index (κ1) is 14.8. The zero-order valence-corrected chi connectivity index (χ0v) is 10.7. The molecule has 18 heavy (non-hydrogen) atoms. The summed E-state index contributed by atoms with van der Waals surface area (Å²) in [6, 6.07) is 3.22. The Morgan fingerprint density at radius 2 is 2.11 bits per heavy atom. The van der Waals surface area contributed by atoms with Crippen LogP contribution in [0.25, 0.3) is 0 Å². The Bertz CT molecular complexity index is 546. The fourth-order valence-electron chi connectivity index (χ4n) is 1.17. The third-order valence-electron chi connectivity index (χ3n) is 2.05. The van der Waals surface area contributed by atoms with Crippen LogP contribution in [-0.2, 0) is 10.0 Å². The number of hydrogen-bond donors (Lipinski definition) is 2. The number of benzene rings is 1. The second kappa shape index (κ2) is 6.10. The van der Waals surface area contributed by atoms with Crippen molar-refractivity contribution in [3.63, 3.8) is 0 Å². The van der Waals surface area contributed by atoms with Crippen molar-refractivity contribution in [3.05, 3.63) is 33.3 Å². The maximum Gasteiger partial charge on any atom is 0.289 e. The number of nitro benzene ring substituents is 1. The number of hydrogen-bond acceptors (Lipinski definition) is 5. The van der Waals surface area contributed by atoms with Gasteiger partial charge in [0.15, 0.2) is 0 Å². The van der Waals surface area contributed by atoms with Crippen LogP contribution in [0.15, 0.2) is 23.1 Å². The second-order valence-electron chi connectivity index (χ2n) is 3.35. The smallest absolute Gasteiger partial charge is 0.289 e. The molecule has 0 radical (unpaired) electrons. The lowest BCUT2D eigenvalue weighted by Gasteiger charge is -2.06. The number of aliphatic hydroxyl groups is 1. The molecule has 0 atom stereocenters. The quantitative estimate of drug-likeness (QED) is 0.460. The summed E-state index contributed by atoms with van der Waals surface area (Å²) in [5.74, 6) is 0. The number of nitro groups is 1. The van der Waals surface area contributed by atoms with E-state index >= 15 is 0 Å². The van der Waals surface area contributed by atoms with Gasteiger partial charge in [-0.2, -0.15) is 0 Å². The van der Waals surface area contributed by atoms with E-state index in [9.17, 15) is 18.5 Å². The highest BCUT2D eigenvalue weighted by Gasteiger charge is 2.20. The first-order valence-electron chi connectivity index (χ1n) is 4.93. The zero-order valence-electron chi connectivity index (χ0n) is 9.17. The van der Waals surface area contributed by atoms with Gasteiger partial charge in [0.2, 0.25) is 10.0 Å². The van der Waals surface area contributed by atoms with Gasteiger partial charge in [-0.25, -0.2) is 13.1 Å². The van der Waals surface area contributed by atoms with Gasteiger partial charge in [0.1, 0.15) is 5.02 Å². The highest BCUT2D eigenvalue weighted by atomic mass is 35.5. The number of aliphatic hydroxyl groups excluding tert-OH is 1. The van der Waals surface area contributed by atoms with Crippen LogP contribution in [-0.4, -0.2) is 31.6 Å². The van der Waals surface area contributed by atoms with Crippen molar-refractivity contribution in [2.45, 2.75) is 11.3 Å². The molecule has 0 unspecified atom stereocenters. The van der Waals surface area contributed by atoms with Crippen molar-refractivity contribution >= 4 is 27.3 Å². The van der Waals surface area contributed by atoms with E-state index in [1.54, 1.807) is 0 Å². The third-order valence-corrected chi connectivity index (χ3v) is 3.83. The van der Waals surface area contributed by atoms with E-state index in [0.717, 1.165) is 12.1 Å². The minimum atomic E-state index is -3.83. The average Bonchev–Trinajstić information content (AvgIpc) is 2.29. The Labute approximate surface area is 109 Å². The summed E-state index contributed by atoms with van der Waals surface area (Å²) >= 11 is 5.58. The summed E-state index contributed by atoms with van der Waals surface area (Å²) in [5.41, 5.74) is -0.471. The molecular weight excluding hydrogens is 284 g/mol. The molecule has 0 amide bonds. The molecule has 0 saturated heterocycles. The van der Waals surface area contributed by atoms with Crippen LogP contribution in [0.1, 0.15) is 6.42 Å². The van der Waals surface area contributed by atoms with Gasteiger partial charge in [-0.3, -0.25) is 10.1 Å². The molecular formula is C9H11ClN2O5S. The molecule has 0 fully saturated rings. The van der Waals surface area contributed by atoms with Crippen molar-refractivity contribution in [2.75, 3.05) is 13.2 Å². The summed E-state index contributed by atoms with van der Waals surface area (Å²) < 4.78 is 25.7. The highest BCUT2D eigenvalue weighted by Crippen LogP contribution is 2.26. The first-order chi connectivity index (χ1) is 8.38. The second-order valence-corrected chi connectivity index (χ2v) is 5.52. The van der Waals surface area contributed by atoms with E-state index in [2.05, 4.69) is 4.72 Å². The number of nitrogens with zero attached hydrogens (tertiary/aromatic N) is 1. The van der Waals surface area contributed by atoms with E-state index in [-0.39, 0.29) is 29.5 Å². The molecule has 7 nitrogen and oxygen atoms in total. The SMILES string of the molecule is O=[N+]([O-])c1cc(S(=O)(=O)NCCCO)ccc1Cl. The Hall–Kier alpha value is -1.22. The first-order valence-corrected chi connectivity index (χ1v) is 6.79. The van der Waals surface area contributed by atoms with E-state index in [1.807, 2.05) is 0 Å².